The highest BCUT2D eigenvalue weighted by Crippen LogP contribution is 2.17. The zero-order valence-corrected chi connectivity index (χ0v) is 13.2. The van der Waals surface area contributed by atoms with Crippen LogP contribution >= 0.6 is 0 Å². The third-order valence-electron chi connectivity index (χ3n) is 3.41. The standard InChI is InChI=1S/C16H17N3O3S/c20-23(21,13-14-6-2-1-3-7-14)18-12-15(16-8-4-11-22-16)19-10-5-9-17-19/h1-11,15,18H,12-13H2. The average molecular weight is 331 g/mol. The van der Waals surface area contributed by atoms with Crippen LogP contribution in [0.4, 0.5) is 0 Å². The van der Waals surface area contributed by atoms with E-state index in [4.69, 9.17) is 4.42 Å². The molecule has 0 saturated carbocycles. The highest BCUT2D eigenvalue weighted by Gasteiger charge is 2.20. The highest BCUT2D eigenvalue weighted by atomic mass is 32.2. The summed E-state index contributed by atoms with van der Waals surface area (Å²) in [6, 6.07) is 14.1. The molecule has 0 fully saturated rings. The molecule has 0 spiro atoms. The summed E-state index contributed by atoms with van der Waals surface area (Å²) in [7, 11) is -3.44. The van der Waals surface area contributed by atoms with Gasteiger partial charge in [-0.2, -0.15) is 5.10 Å². The maximum atomic E-state index is 12.3. The first-order chi connectivity index (χ1) is 11.1. The second-order valence-electron chi connectivity index (χ2n) is 5.11. The molecule has 1 aromatic carbocycles. The minimum atomic E-state index is -3.44. The second-order valence-corrected chi connectivity index (χ2v) is 6.92. The molecule has 2 heterocycles. The van der Waals surface area contributed by atoms with Crippen LogP contribution in [-0.4, -0.2) is 24.7 Å². The van der Waals surface area contributed by atoms with Crippen LogP contribution in [0.25, 0.3) is 0 Å². The number of furan rings is 1. The molecular formula is C16H17N3O3S. The minimum absolute atomic E-state index is 0.0577. The van der Waals surface area contributed by atoms with Crippen molar-refractivity contribution in [3.8, 4) is 0 Å². The highest BCUT2D eigenvalue weighted by molar-refractivity contribution is 7.88. The molecular weight excluding hydrogens is 314 g/mol. The summed E-state index contributed by atoms with van der Waals surface area (Å²) in [5.41, 5.74) is 0.744. The predicted octanol–water partition coefficient (Wildman–Crippen LogP) is 2.19. The van der Waals surface area contributed by atoms with E-state index < -0.39 is 10.0 Å². The number of benzene rings is 1. The number of hydrogen-bond acceptors (Lipinski definition) is 4. The van der Waals surface area contributed by atoms with Crippen molar-refractivity contribution in [1.29, 1.82) is 0 Å². The van der Waals surface area contributed by atoms with Crippen molar-refractivity contribution < 1.29 is 12.8 Å². The normalized spacial score (nSPS) is 13.0. The molecule has 1 unspecified atom stereocenters. The van der Waals surface area contributed by atoms with Crippen LogP contribution in [0.5, 0.6) is 0 Å². The van der Waals surface area contributed by atoms with Crippen LogP contribution in [-0.2, 0) is 15.8 Å². The molecule has 2 aromatic heterocycles. The van der Waals surface area contributed by atoms with Gasteiger partial charge in [0, 0.05) is 18.9 Å². The number of sulfonamides is 1. The van der Waals surface area contributed by atoms with Crippen molar-refractivity contribution in [1.82, 2.24) is 14.5 Å². The lowest BCUT2D eigenvalue weighted by atomic mass is 10.2. The van der Waals surface area contributed by atoms with Crippen molar-refractivity contribution in [3.63, 3.8) is 0 Å². The third-order valence-corrected chi connectivity index (χ3v) is 4.73. The van der Waals surface area contributed by atoms with E-state index in [9.17, 15) is 8.42 Å². The summed E-state index contributed by atoms with van der Waals surface area (Å²) < 4.78 is 34.3. The summed E-state index contributed by atoms with van der Waals surface area (Å²) in [4.78, 5) is 0. The van der Waals surface area contributed by atoms with E-state index in [0.29, 0.717) is 5.76 Å². The van der Waals surface area contributed by atoms with Gasteiger partial charge in [-0.25, -0.2) is 13.1 Å². The first kappa shape index (κ1) is 15.5. The molecule has 0 aliphatic heterocycles. The van der Waals surface area contributed by atoms with E-state index in [2.05, 4.69) is 9.82 Å². The SMILES string of the molecule is O=S(=O)(Cc1ccccc1)NCC(c1ccco1)n1cccn1. The molecule has 7 heteroatoms. The van der Waals surface area contributed by atoms with E-state index in [1.165, 1.54) is 0 Å². The van der Waals surface area contributed by atoms with Crippen LogP contribution in [0, 0.1) is 0 Å². The first-order valence-electron chi connectivity index (χ1n) is 7.18. The van der Waals surface area contributed by atoms with Gasteiger partial charge in [0.2, 0.25) is 10.0 Å². The lowest BCUT2D eigenvalue weighted by Crippen LogP contribution is -2.32. The largest absolute Gasteiger partial charge is 0.467 e. The fourth-order valence-corrected chi connectivity index (χ4v) is 3.47. The Kier molecular flexibility index (Phi) is 4.59. The van der Waals surface area contributed by atoms with E-state index in [0.717, 1.165) is 5.56 Å². The van der Waals surface area contributed by atoms with E-state index in [-0.39, 0.29) is 18.3 Å². The molecule has 23 heavy (non-hydrogen) atoms. The Bertz CT molecular complexity index is 779. The molecule has 0 bridgehead atoms. The van der Waals surface area contributed by atoms with Gasteiger partial charge in [-0.1, -0.05) is 30.3 Å². The Morgan fingerprint density at radius 3 is 2.61 bits per heavy atom. The molecule has 6 nitrogen and oxygen atoms in total. The molecule has 3 rings (SSSR count). The van der Waals surface area contributed by atoms with Crippen molar-refractivity contribution in [2.24, 2.45) is 0 Å². The summed E-state index contributed by atoms with van der Waals surface area (Å²) in [6.45, 7) is 0.171. The van der Waals surface area contributed by atoms with Crippen LogP contribution in [0.2, 0.25) is 0 Å². The maximum absolute atomic E-state index is 12.3. The molecule has 0 aliphatic rings. The van der Waals surface area contributed by atoms with E-state index in [1.54, 1.807) is 53.7 Å². The van der Waals surface area contributed by atoms with E-state index >= 15 is 0 Å². The van der Waals surface area contributed by atoms with Gasteiger partial charge in [-0.15, -0.1) is 0 Å². The van der Waals surface area contributed by atoms with Gasteiger partial charge < -0.3 is 4.42 Å². The number of rotatable bonds is 7. The summed E-state index contributed by atoms with van der Waals surface area (Å²) in [5, 5.41) is 4.18. The molecule has 1 N–H and O–H groups in total. The monoisotopic (exact) mass is 331 g/mol. The summed E-state index contributed by atoms with van der Waals surface area (Å²) >= 11 is 0. The lowest BCUT2D eigenvalue weighted by Gasteiger charge is -2.16. The van der Waals surface area contributed by atoms with Gasteiger partial charge in [0.25, 0.3) is 0 Å². The zero-order chi connectivity index (χ0) is 16.1. The van der Waals surface area contributed by atoms with Gasteiger partial charge in [0.15, 0.2) is 0 Å². The van der Waals surface area contributed by atoms with Crippen molar-refractivity contribution in [2.75, 3.05) is 6.54 Å². The van der Waals surface area contributed by atoms with Gasteiger partial charge in [-0.05, 0) is 23.8 Å². The third kappa shape index (κ3) is 4.08. The fraction of sp³-hybridized carbons (Fsp3) is 0.188. The Morgan fingerprint density at radius 1 is 1.13 bits per heavy atom. The molecule has 0 amide bonds. The molecule has 0 saturated heterocycles. The quantitative estimate of drug-likeness (QED) is 0.720. The Labute approximate surface area is 134 Å². The van der Waals surface area contributed by atoms with Gasteiger partial charge in [0.1, 0.15) is 11.8 Å². The zero-order valence-electron chi connectivity index (χ0n) is 12.4. The number of aromatic nitrogens is 2. The Morgan fingerprint density at radius 2 is 1.96 bits per heavy atom. The van der Waals surface area contributed by atoms with Crippen molar-refractivity contribution in [2.45, 2.75) is 11.8 Å². The number of nitrogens with zero attached hydrogens (tertiary/aromatic N) is 2. The van der Waals surface area contributed by atoms with Crippen molar-refractivity contribution in [3.05, 3.63) is 78.5 Å². The smallest absolute Gasteiger partial charge is 0.215 e. The van der Waals surface area contributed by atoms with E-state index in [1.807, 2.05) is 18.2 Å². The van der Waals surface area contributed by atoms with Gasteiger partial charge in [0.05, 0.1) is 12.0 Å². The number of nitrogens with one attached hydrogen (secondary N) is 1. The van der Waals surface area contributed by atoms with Crippen LogP contribution in [0.3, 0.4) is 0 Å². The van der Waals surface area contributed by atoms with Gasteiger partial charge in [-0.3, -0.25) is 4.68 Å². The van der Waals surface area contributed by atoms with Gasteiger partial charge >= 0.3 is 0 Å². The molecule has 0 radical (unpaired) electrons. The average Bonchev–Trinajstić information content (AvgIpc) is 3.21. The minimum Gasteiger partial charge on any atom is -0.467 e. The summed E-state index contributed by atoms with van der Waals surface area (Å²) in [5.74, 6) is 0.591. The molecule has 0 aliphatic carbocycles. The second kappa shape index (κ2) is 6.80. The van der Waals surface area contributed by atoms with Crippen molar-refractivity contribution >= 4 is 10.0 Å². The molecule has 3 aromatic rings. The molecule has 1 atom stereocenters. The Balaban J connectivity index is 1.71. The summed E-state index contributed by atoms with van der Waals surface area (Å²) in [6.07, 6.45) is 4.98. The maximum Gasteiger partial charge on any atom is 0.215 e. The Hall–Kier alpha value is -2.38. The lowest BCUT2D eigenvalue weighted by molar-refractivity contribution is 0.402. The van der Waals surface area contributed by atoms with Crippen LogP contribution in [0.1, 0.15) is 17.4 Å². The van der Waals surface area contributed by atoms with Crippen LogP contribution in [0.15, 0.2) is 71.6 Å². The topological polar surface area (TPSA) is 77.1 Å². The number of hydrogen-bond donors (Lipinski definition) is 1. The van der Waals surface area contributed by atoms with Crippen LogP contribution < -0.4 is 4.72 Å². The molecule has 120 valence electrons. The fourth-order valence-electron chi connectivity index (χ4n) is 2.32. The predicted molar refractivity (Wildman–Crippen MR) is 86.1 cm³/mol. The first-order valence-corrected chi connectivity index (χ1v) is 8.83.